The van der Waals surface area contributed by atoms with Gasteiger partial charge in [-0.3, -0.25) is 0 Å². The second-order valence-corrected chi connectivity index (χ2v) is 9.01. The van der Waals surface area contributed by atoms with Gasteiger partial charge in [0.25, 0.3) is 0 Å². The molecule has 0 saturated carbocycles. The van der Waals surface area contributed by atoms with E-state index in [1.165, 1.54) is 34.7 Å². The molecule has 3 aromatic carbocycles. The van der Waals surface area contributed by atoms with Gasteiger partial charge in [0, 0.05) is 0 Å². The van der Waals surface area contributed by atoms with Crippen molar-refractivity contribution < 1.29 is 4.74 Å². The molecular weight excluding hydrogens is 352 g/mol. The van der Waals surface area contributed by atoms with Gasteiger partial charge in [-0.05, 0) is 79.5 Å². The van der Waals surface area contributed by atoms with Gasteiger partial charge in [-0.1, -0.05) is 82.3 Å². The SMILES string of the molecule is CCC(C)c1ccc(OC(C)(C)C)cc1.CCC(C)c1ccc2ccccc2c1. The molecule has 0 aliphatic rings. The van der Waals surface area contributed by atoms with Crippen molar-refractivity contribution in [2.45, 2.75) is 78.7 Å². The number of benzene rings is 3. The van der Waals surface area contributed by atoms with Crippen molar-refractivity contribution in [1.29, 1.82) is 0 Å². The minimum atomic E-state index is -0.113. The highest BCUT2D eigenvalue weighted by Gasteiger charge is 2.11. The highest BCUT2D eigenvalue weighted by atomic mass is 16.5. The van der Waals surface area contributed by atoms with Crippen molar-refractivity contribution in [3.8, 4) is 5.75 Å². The Labute approximate surface area is 178 Å². The maximum absolute atomic E-state index is 5.77. The Morgan fingerprint density at radius 2 is 1.21 bits per heavy atom. The molecule has 0 saturated heterocycles. The lowest BCUT2D eigenvalue weighted by atomic mass is 9.96. The molecule has 3 aromatic rings. The zero-order valence-corrected chi connectivity index (χ0v) is 19.3. The first-order valence-electron chi connectivity index (χ1n) is 11.0. The minimum Gasteiger partial charge on any atom is -0.488 e. The fourth-order valence-electron chi connectivity index (χ4n) is 3.20. The third kappa shape index (κ3) is 7.24. The third-order valence-electron chi connectivity index (χ3n) is 5.44. The number of ether oxygens (including phenoxy) is 1. The van der Waals surface area contributed by atoms with Crippen LogP contribution in [0.5, 0.6) is 5.75 Å². The van der Waals surface area contributed by atoms with Crippen LogP contribution in [0, 0.1) is 0 Å². The predicted octanol–water partition coefficient (Wildman–Crippen LogP) is 8.73. The molecule has 1 nitrogen and oxygen atoms in total. The van der Waals surface area contributed by atoms with Gasteiger partial charge in [-0.2, -0.15) is 0 Å². The Hall–Kier alpha value is -2.28. The molecule has 29 heavy (non-hydrogen) atoms. The molecule has 0 N–H and O–H groups in total. The van der Waals surface area contributed by atoms with Gasteiger partial charge in [0.05, 0.1) is 0 Å². The van der Waals surface area contributed by atoms with Crippen LogP contribution in [-0.4, -0.2) is 5.60 Å². The van der Waals surface area contributed by atoms with E-state index in [-0.39, 0.29) is 5.60 Å². The Morgan fingerprint density at radius 3 is 1.76 bits per heavy atom. The summed E-state index contributed by atoms with van der Waals surface area (Å²) in [6.45, 7) is 15.2. The lowest BCUT2D eigenvalue weighted by molar-refractivity contribution is 0.131. The van der Waals surface area contributed by atoms with E-state index in [0.717, 1.165) is 5.75 Å². The molecule has 2 atom stereocenters. The van der Waals surface area contributed by atoms with Crippen LogP contribution in [0.1, 0.15) is 84.3 Å². The van der Waals surface area contributed by atoms with Gasteiger partial charge in [0.15, 0.2) is 0 Å². The Morgan fingerprint density at radius 1 is 0.690 bits per heavy atom. The van der Waals surface area contributed by atoms with Crippen LogP contribution in [0.2, 0.25) is 0 Å². The molecule has 156 valence electrons. The molecule has 0 spiro atoms. The lowest BCUT2D eigenvalue weighted by Gasteiger charge is -2.21. The Bertz CT molecular complexity index is 871. The van der Waals surface area contributed by atoms with E-state index in [0.29, 0.717) is 11.8 Å². The van der Waals surface area contributed by atoms with E-state index in [4.69, 9.17) is 4.74 Å². The van der Waals surface area contributed by atoms with Crippen LogP contribution >= 0.6 is 0 Å². The number of hydrogen-bond donors (Lipinski definition) is 0. The van der Waals surface area contributed by atoms with E-state index in [9.17, 15) is 0 Å². The van der Waals surface area contributed by atoms with Crippen LogP contribution < -0.4 is 4.74 Å². The topological polar surface area (TPSA) is 9.23 Å². The van der Waals surface area contributed by atoms with Crippen molar-refractivity contribution >= 4 is 10.8 Å². The fourth-order valence-corrected chi connectivity index (χ4v) is 3.20. The molecule has 2 unspecified atom stereocenters. The summed E-state index contributed by atoms with van der Waals surface area (Å²) >= 11 is 0. The van der Waals surface area contributed by atoms with E-state index in [1.54, 1.807) is 0 Å². The summed E-state index contributed by atoms with van der Waals surface area (Å²) in [5, 5.41) is 2.69. The maximum Gasteiger partial charge on any atom is 0.120 e. The summed E-state index contributed by atoms with van der Waals surface area (Å²) in [6.07, 6.45) is 2.39. The van der Waals surface area contributed by atoms with Gasteiger partial charge in [0.1, 0.15) is 11.4 Å². The molecule has 0 aliphatic carbocycles. The van der Waals surface area contributed by atoms with Gasteiger partial charge in [-0.15, -0.1) is 0 Å². The number of rotatable bonds is 5. The summed E-state index contributed by atoms with van der Waals surface area (Å²) < 4.78 is 5.77. The van der Waals surface area contributed by atoms with Crippen LogP contribution in [0.25, 0.3) is 10.8 Å². The molecule has 0 heterocycles. The molecule has 0 aliphatic heterocycles. The van der Waals surface area contributed by atoms with Crippen LogP contribution in [-0.2, 0) is 0 Å². The van der Waals surface area contributed by atoms with Gasteiger partial charge < -0.3 is 4.74 Å². The summed E-state index contributed by atoms with van der Waals surface area (Å²) in [5.41, 5.74) is 2.72. The predicted molar refractivity (Wildman–Crippen MR) is 128 cm³/mol. The lowest BCUT2D eigenvalue weighted by Crippen LogP contribution is -2.22. The molecule has 0 bridgehead atoms. The average molecular weight is 391 g/mol. The zero-order chi connectivity index (χ0) is 21.4. The highest BCUT2D eigenvalue weighted by molar-refractivity contribution is 5.83. The first kappa shape index (κ1) is 23.0. The van der Waals surface area contributed by atoms with Crippen molar-refractivity contribution in [2.24, 2.45) is 0 Å². The van der Waals surface area contributed by atoms with Crippen molar-refractivity contribution in [1.82, 2.24) is 0 Å². The molecule has 0 amide bonds. The first-order valence-corrected chi connectivity index (χ1v) is 11.0. The van der Waals surface area contributed by atoms with Gasteiger partial charge in [-0.25, -0.2) is 0 Å². The standard InChI is InChI=1S/C14H22O.C14H16/c1-6-11(2)12-7-9-13(10-8-12)15-14(3,4)5;1-3-11(2)13-9-8-12-6-4-5-7-14(12)10-13/h7-11H,6H2,1-5H3;4-11H,3H2,1-2H3. The summed E-state index contributed by atoms with van der Waals surface area (Å²) in [7, 11) is 0. The van der Waals surface area contributed by atoms with Crippen LogP contribution in [0.4, 0.5) is 0 Å². The van der Waals surface area contributed by atoms with E-state index in [2.05, 4.69) is 115 Å². The molecular formula is C28H38O. The monoisotopic (exact) mass is 390 g/mol. The highest BCUT2D eigenvalue weighted by Crippen LogP contribution is 2.24. The summed E-state index contributed by atoms with van der Waals surface area (Å²) in [5.74, 6) is 2.25. The number of fused-ring (bicyclic) bond motifs is 1. The van der Waals surface area contributed by atoms with E-state index in [1.807, 2.05) is 0 Å². The molecule has 0 fully saturated rings. The van der Waals surface area contributed by atoms with Gasteiger partial charge in [0.2, 0.25) is 0 Å². The van der Waals surface area contributed by atoms with E-state index >= 15 is 0 Å². The summed E-state index contributed by atoms with van der Waals surface area (Å²) in [6, 6.07) is 23.8. The average Bonchev–Trinajstić information content (AvgIpc) is 2.72. The van der Waals surface area contributed by atoms with E-state index < -0.39 is 0 Å². The largest absolute Gasteiger partial charge is 0.488 e. The second-order valence-electron chi connectivity index (χ2n) is 9.01. The second kappa shape index (κ2) is 10.5. The zero-order valence-electron chi connectivity index (χ0n) is 19.3. The Kier molecular flexibility index (Phi) is 8.32. The number of hydrogen-bond acceptors (Lipinski definition) is 1. The molecule has 1 heteroatoms. The molecule has 0 aromatic heterocycles. The smallest absolute Gasteiger partial charge is 0.120 e. The van der Waals surface area contributed by atoms with Gasteiger partial charge >= 0.3 is 0 Å². The Balaban J connectivity index is 0.000000207. The van der Waals surface area contributed by atoms with Crippen LogP contribution in [0.15, 0.2) is 66.7 Å². The maximum atomic E-state index is 5.77. The molecule has 0 radical (unpaired) electrons. The van der Waals surface area contributed by atoms with Crippen molar-refractivity contribution in [3.63, 3.8) is 0 Å². The quantitative estimate of drug-likeness (QED) is 0.423. The third-order valence-corrected chi connectivity index (χ3v) is 5.44. The fraction of sp³-hybridized carbons (Fsp3) is 0.429. The van der Waals surface area contributed by atoms with Crippen LogP contribution in [0.3, 0.4) is 0 Å². The van der Waals surface area contributed by atoms with Crippen molar-refractivity contribution in [2.75, 3.05) is 0 Å². The first-order chi connectivity index (χ1) is 13.7. The summed E-state index contributed by atoms with van der Waals surface area (Å²) in [4.78, 5) is 0. The molecule has 3 rings (SSSR count). The minimum absolute atomic E-state index is 0.113. The van der Waals surface area contributed by atoms with Crippen molar-refractivity contribution in [3.05, 3.63) is 77.9 Å². The normalized spacial score (nSPS) is 13.3.